The number of hydrogen-bond donors (Lipinski definition) is 1. The molecule has 3 amide bonds. The lowest BCUT2D eigenvalue weighted by atomic mass is 9.93. The highest BCUT2D eigenvalue weighted by molar-refractivity contribution is 6.30. The molecule has 1 aliphatic rings. The summed E-state index contributed by atoms with van der Waals surface area (Å²) in [5.74, 6) is -1.79. The summed E-state index contributed by atoms with van der Waals surface area (Å²) in [6.07, 6.45) is 1.23. The molecule has 0 saturated carbocycles. The van der Waals surface area contributed by atoms with Crippen LogP contribution in [0, 0.1) is 11.8 Å². The van der Waals surface area contributed by atoms with Crippen LogP contribution in [0.25, 0.3) is 0 Å². The van der Waals surface area contributed by atoms with E-state index < -0.39 is 23.7 Å². The van der Waals surface area contributed by atoms with Gasteiger partial charge in [0, 0.05) is 36.7 Å². The first-order chi connectivity index (χ1) is 13.8. The van der Waals surface area contributed by atoms with Crippen LogP contribution in [0.3, 0.4) is 0 Å². The highest BCUT2D eigenvalue weighted by Crippen LogP contribution is 2.29. The van der Waals surface area contributed by atoms with Crippen LogP contribution >= 0.6 is 11.6 Å². The van der Waals surface area contributed by atoms with Gasteiger partial charge in [-0.1, -0.05) is 18.5 Å². The number of ketones is 1. The molecule has 158 valence electrons. The number of carbonyl (C=O) groups is 4. The van der Waals surface area contributed by atoms with Crippen LogP contribution in [-0.4, -0.2) is 49.1 Å². The number of nitrogens with one attached hydrogen (secondary N) is 1. The molecule has 0 bridgehead atoms. The van der Waals surface area contributed by atoms with E-state index in [1.165, 1.54) is 14.2 Å². The maximum Gasteiger partial charge on any atom is 0.233 e. The predicted molar refractivity (Wildman–Crippen MR) is 109 cm³/mol. The number of amides is 3. The van der Waals surface area contributed by atoms with Crippen molar-refractivity contribution in [3.63, 3.8) is 0 Å². The highest BCUT2D eigenvalue weighted by Gasteiger charge is 2.35. The molecule has 0 aliphatic carbocycles. The number of nitrogens with zero attached hydrogens (tertiary/aromatic N) is 1. The average Bonchev–Trinajstić information content (AvgIpc) is 2.85. The Kier molecular flexibility index (Phi) is 8.20. The predicted octanol–water partition coefficient (Wildman–Crippen LogP) is 2.39. The Morgan fingerprint density at radius 3 is 2.69 bits per heavy atom. The number of imide groups is 1. The second-order valence-electron chi connectivity index (χ2n) is 7.18. The van der Waals surface area contributed by atoms with Gasteiger partial charge in [-0.25, -0.2) is 0 Å². The molecule has 0 radical (unpaired) electrons. The molecule has 1 saturated heterocycles. The van der Waals surface area contributed by atoms with Crippen LogP contribution in [-0.2, 0) is 25.6 Å². The molecule has 1 unspecified atom stereocenters. The molecule has 1 aromatic rings. The smallest absolute Gasteiger partial charge is 0.233 e. The second kappa shape index (κ2) is 10.4. The van der Waals surface area contributed by atoms with Crippen molar-refractivity contribution in [2.75, 3.05) is 20.7 Å². The quantitative estimate of drug-likeness (QED) is 0.728. The van der Waals surface area contributed by atoms with E-state index in [0.717, 1.165) is 10.5 Å². The van der Waals surface area contributed by atoms with E-state index in [-0.39, 0.29) is 31.1 Å². The number of halogens is 1. The first-order valence-corrected chi connectivity index (χ1v) is 10.1. The summed E-state index contributed by atoms with van der Waals surface area (Å²) in [5.41, 5.74) is 0.747. The zero-order valence-corrected chi connectivity index (χ0v) is 17.8. The average molecular weight is 423 g/mol. The van der Waals surface area contributed by atoms with Crippen molar-refractivity contribution >= 4 is 35.1 Å². The van der Waals surface area contributed by atoms with Gasteiger partial charge in [-0.2, -0.15) is 0 Å². The largest absolute Gasteiger partial charge is 0.496 e. The second-order valence-corrected chi connectivity index (χ2v) is 7.61. The van der Waals surface area contributed by atoms with E-state index in [2.05, 4.69) is 5.32 Å². The molecule has 29 heavy (non-hydrogen) atoms. The first kappa shape index (κ1) is 22.9. The summed E-state index contributed by atoms with van der Waals surface area (Å²) in [5, 5.41) is 3.04. The summed E-state index contributed by atoms with van der Waals surface area (Å²) in [6, 6.07) is 5.15. The van der Waals surface area contributed by atoms with E-state index in [1.807, 2.05) is 0 Å². The molecule has 1 aliphatic heterocycles. The molecule has 8 heteroatoms. The minimum absolute atomic E-state index is 0.109. The molecule has 2 atom stereocenters. The summed E-state index contributed by atoms with van der Waals surface area (Å²) < 4.78 is 5.35. The summed E-state index contributed by atoms with van der Waals surface area (Å²) >= 11 is 6.08. The van der Waals surface area contributed by atoms with Crippen molar-refractivity contribution in [2.24, 2.45) is 11.8 Å². The van der Waals surface area contributed by atoms with E-state index in [9.17, 15) is 19.2 Å². The molecule has 7 nitrogen and oxygen atoms in total. The minimum atomic E-state index is -0.544. The van der Waals surface area contributed by atoms with Crippen LogP contribution in [0.1, 0.15) is 38.2 Å². The Labute approximate surface area is 175 Å². The molecule has 1 aromatic carbocycles. The summed E-state index contributed by atoms with van der Waals surface area (Å²) in [6.45, 7) is 1.56. The van der Waals surface area contributed by atoms with Crippen molar-refractivity contribution in [1.82, 2.24) is 10.2 Å². The van der Waals surface area contributed by atoms with Gasteiger partial charge in [0.05, 0.1) is 13.7 Å². The number of Topliss-reactive ketones (excluding diaryl/α,β-unsaturated/α-hetero) is 1. The first-order valence-electron chi connectivity index (χ1n) is 9.70. The van der Waals surface area contributed by atoms with Gasteiger partial charge in [-0.15, -0.1) is 0 Å². The van der Waals surface area contributed by atoms with Gasteiger partial charge in [-0.3, -0.25) is 24.1 Å². The third kappa shape index (κ3) is 5.79. The van der Waals surface area contributed by atoms with E-state index in [1.54, 1.807) is 25.1 Å². The number of hydrogen-bond acceptors (Lipinski definition) is 5. The normalized spacial score (nSPS) is 18.2. The lowest BCUT2D eigenvalue weighted by Gasteiger charge is -2.24. The standard InChI is InChI=1S/C21H27ClN2O5/c1-4-13(20(27)23-2)11-19(26)24-12-17(25)7-5-14(21(24)28)9-15-10-16(22)6-8-18(15)29-3/h6,8,10,13-14H,4-5,7,9,11-12H2,1-3H3,(H,23,27)/t13-,14?/m0/s1. The van der Waals surface area contributed by atoms with Crippen LogP contribution in [0.5, 0.6) is 5.75 Å². The number of benzene rings is 1. The number of ether oxygens (including phenoxy) is 1. The van der Waals surface area contributed by atoms with Crippen molar-refractivity contribution in [1.29, 1.82) is 0 Å². The maximum absolute atomic E-state index is 13.1. The Morgan fingerprint density at radius 1 is 1.34 bits per heavy atom. The zero-order valence-electron chi connectivity index (χ0n) is 17.0. The Bertz CT molecular complexity index is 795. The Hall–Kier alpha value is -2.41. The summed E-state index contributed by atoms with van der Waals surface area (Å²) in [4.78, 5) is 51.0. The Morgan fingerprint density at radius 2 is 2.07 bits per heavy atom. The fraction of sp³-hybridized carbons (Fsp3) is 0.524. The minimum Gasteiger partial charge on any atom is -0.496 e. The molecule has 2 rings (SSSR count). The fourth-order valence-electron chi connectivity index (χ4n) is 3.53. The molecule has 1 heterocycles. The third-order valence-corrected chi connectivity index (χ3v) is 5.50. The number of carbonyl (C=O) groups excluding carboxylic acids is 4. The van der Waals surface area contributed by atoms with Gasteiger partial charge in [0.1, 0.15) is 5.75 Å². The highest BCUT2D eigenvalue weighted by atomic mass is 35.5. The Balaban J connectivity index is 2.23. The van der Waals surface area contributed by atoms with E-state index >= 15 is 0 Å². The van der Waals surface area contributed by atoms with Crippen LogP contribution in [0.4, 0.5) is 0 Å². The van der Waals surface area contributed by atoms with E-state index in [4.69, 9.17) is 16.3 Å². The van der Waals surface area contributed by atoms with E-state index in [0.29, 0.717) is 30.0 Å². The molecular weight excluding hydrogens is 396 g/mol. The zero-order chi connectivity index (χ0) is 21.6. The SMILES string of the molecule is CC[C@@H](CC(=O)N1CC(=O)CCC(Cc2cc(Cl)ccc2OC)C1=O)C(=O)NC. The number of likely N-dealkylation sites (tertiary alicyclic amines) is 1. The summed E-state index contributed by atoms with van der Waals surface area (Å²) in [7, 11) is 3.04. The van der Waals surface area contributed by atoms with Gasteiger partial charge in [-0.05, 0) is 43.0 Å². The number of methoxy groups -OCH3 is 1. The lowest BCUT2D eigenvalue weighted by molar-refractivity contribution is -0.150. The lowest BCUT2D eigenvalue weighted by Crippen LogP contribution is -2.43. The van der Waals surface area contributed by atoms with Gasteiger partial charge >= 0.3 is 0 Å². The van der Waals surface area contributed by atoms with Crippen LogP contribution in [0.15, 0.2) is 18.2 Å². The number of rotatable bonds is 7. The van der Waals surface area contributed by atoms with Gasteiger partial charge in [0.15, 0.2) is 5.78 Å². The fourth-order valence-corrected chi connectivity index (χ4v) is 3.73. The monoisotopic (exact) mass is 422 g/mol. The van der Waals surface area contributed by atoms with Gasteiger partial charge in [0.25, 0.3) is 0 Å². The molecular formula is C21H27ClN2O5. The third-order valence-electron chi connectivity index (χ3n) is 5.26. The molecule has 1 fully saturated rings. The molecule has 1 N–H and O–H groups in total. The van der Waals surface area contributed by atoms with Crippen molar-refractivity contribution in [3.8, 4) is 5.75 Å². The van der Waals surface area contributed by atoms with Crippen LogP contribution < -0.4 is 10.1 Å². The van der Waals surface area contributed by atoms with Crippen molar-refractivity contribution < 1.29 is 23.9 Å². The topological polar surface area (TPSA) is 92.8 Å². The molecule has 0 spiro atoms. The van der Waals surface area contributed by atoms with Crippen molar-refractivity contribution in [3.05, 3.63) is 28.8 Å². The van der Waals surface area contributed by atoms with Crippen LogP contribution in [0.2, 0.25) is 5.02 Å². The van der Waals surface area contributed by atoms with Crippen molar-refractivity contribution in [2.45, 2.75) is 39.0 Å². The maximum atomic E-state index is 13.1. The van der Waals surface area contributed by atoms with Gasteiger partial charge in [0.2, 0.25) is 17.7 Å². The molecule has 0 aromatic heterocycles. The van der Waals surface area contributed by atoms with Gasteiger partial charge < -0.3 is 10.1 Å².